The standard InChI is InChI=1S/C24H23FN2O5S/c25-20-13-7-8-14-22(20)33(30,31)27-21(15-18-9-3-1-4-10-18)24(29)32-17-23(28)26-16-19-11-5-2-6-12-19/h1-14,21,27H,15-17H2,(H,26,28)/t21-/m0/s1. The number of sulfonamides is 1. The lowest BCUT2D eigenvalue weighted by atomic mass is 10.1. The molecule has 0 heterocycles. The van der Waals surface area contributed by atoms with Crippen LogP contribution in [0.5, 0.6) is 0 Å². The summed E-state index contributed by atoms with van der Waals surface area (Å²) < 4.78 is 46.8. The fourth-order valence-electron chi connectivity index (χ4n) is 3.02. The Morgan fingerprint density at radius 1 is 0.848 bits per heavy atom. The molecule has 1 atom stereocenters. The molecule has 3 aromatic carbocycles. The maximum absolute atomic E-state index is 14.1. The van der Waals surface area contributed by atoms with Crippen molar-refractivity contribution in [2.24, 2.45) is 0 Å². The first-order valence-corrected chi connectivity index (χ1v) is 11.6. The van der Waals surface area contributed by atoms with Gasteiger partial charge in [0.1, 0.15) is 16.8 Å². The van der Waals surface area contributed by atoms with Crippen molar-refractivity contribution in [1.29, 1.82) is 0 Å². The Labute approximate surface area is 191 Å². The van der Waals surface area contributed by atoms with E-state index in [9.17, 15) is 22.4 Å². The molecular weight excluding hydrogens is 447 g/mol. The first-order valence-electron chi connectivity index (χ1n) is 10.1. The van der Waals surface area contributed by atoms with Crippen LogP contribution >= 0.6 is 0 Å². The summed E-state index contributed by atoms with van der Waals surface area (Å²) in [6.45, 7) is -0.330. The molecule has 0 saturated heterocycles. The van der Waals surface area contributed by atoms with Gasteiger partial charge in [0, 0.05) is 6.54 Å². The molecule has 0 aliphatic carbocycles. The summed E-state index contributed by atoms with van der Waals surface area (Å²) >= 11 is 0. The minimum absolute atomic E-state index is 0.0427. The van der Waals surface area contributed by atoms with Crippen LogP contribution < -0.4 is 10.0 Å². The number of nitrogens with one attached hydrogen (secondary N) is 2. The first-order chi connectivity index (χ1) is 15.8. The Balaban J connectivity index is 1.67. The van der Waals surface area contributed by atoms with E-state index in [1.54, 1.807) is 30.3 Å². The molecule has 0 aromatic heterocycles. The molecule has 0 aliphatic heterocycles. The zero-order valence-corrected chi connectivity index (χ0v) is 18.4. The van der Waals surface area contributed by atoms with Crippen molar-refractivity contribution in [3.8, 4) is 0 Å². The van der Waals surface area contributed by atoms with Gasteiger partial charge in [-0.25, -0.2) is 12.8 Å². The highest BCUT2D eigenvalue weighted by Gasteiger charge is 2.29. The van der Waals surface area contributed by atoms with E-state index in [1.807, 2.05) is 30.3 Å². The maximum Gasteiger partial charge on any atom is 0.325 e. The summed E-state index contributed by atoms with van der Waals surface area (Å²) in [4.78, 5) is 24.2. The van der Waals surface area contributed by atoms with Crippen LogP contribution in [0.3, 0.4) is 0 Å². The number of rotatable bonds is 10. The van der Waals surface area contributed by atoms with Crippen LogP contribution in [0.15, 0.2) is 89.8 Å². The predicted octanol–water partition coefficient (Wildman–Crippen LogP) is 2.57. The van der Waals surface area contributed by atoms with Crippen molar-refractivity contribution < 1.29 is 27.1 Å². The molecule has 3 aromatic rings. The van der Waals surface area contributed by atoms with E-state index in [0.29, 0.717) is 5.56 Å². The highest BCUT2D eigenvalue weighted by atomic mass is 32.2. The third-order valence-electron chi connectivity index (χ3n) is 4.67. The van der Waals surface area contributed by atoms with Gasteiger partial charge in [-0.1, -0.05) is 72.8 Å². The second-order valence-electron chi connectivity index (χ2n) is 7.16. The van der Waals surface area contributed by atoms with Crippen LogP contribution in [-0.4, -0.2) is 32.9 Å². The number of hydrogen-bond donors (Lipinski definition) is 2. The van der Waals surface area contributed by atoms with Crippen LogP contribution in [0.25, 0.3) is 0 Å². The average Bonchev–Trinajstić information content (AvgIpc) is 2.82. The second kappa shape index (κ2) is 11.3. The number of ether oxygens (including phenoxy) is 1. The van der Waals surface area contributed by atoms with Crippen LogP contribution in [0.2, 0.25) is 0 Å². The number of hydrogen-bond acceptors (Lipinski definition) is 5. The molecule has 172 valence electrons. The SMILES string of the molecule is O=C(COC(=O)[C@H](Cc1ccccc1)NS(=O)(=O)c1ccccc1F)NCc1ccccc1. The third kappa shape index (κ3) is 7.23. The quantitative estimate of drug-likeness (QED) is 0.444. The molecule has 3 rings (SSSR count). The molecule has 0 fully saturated rings. The van der Waals surface area contributed by atoms with Crippen LogP contribution in [-0.2, 0) is 37.3 Å². The van der Waals surface area contributed by atoms with Gasteiger partial charge in [-0.05, 0) is 29.7 Å². The highest BCUT2D eigenvalue weighted by molar-refractivity contribution is 7.89. The Bertz CT molecular complexity index is 1190. The number of carbonyl (C=O) groups is 2. The van der Waals surface area contributed by atoms with Gasteiger partial charge < -0.3 is 10.1 Å². The van der Waals surface area contributed by atoms with Crippen molar-refractivity contribution in [1.82, 2.24) is 10.0 Å². The normalized spacial score (nSPS) is 12.0. The Hall–Kier alpha value is -3.56. The fraction of sp³-hybridized carbons (Fsp3) is 0.167. The molecule has 0 bridgehead atoms. The lowest BCUT2D eigenvalue weighted by molar-refractivity contribution is -0.150. The summed E-state index contributed by atoms with van der Waals surface area (Å²) in [5, 5.41) is 2.62. The number of halogens is 1. The van der Waals surface area contributed by atoms with Gasteiger partial charge in [0.05, 0.1) is 0 Å². The van der Waals surface area contributed by atoms with Crippen molar-refractivity contribution >= 4 is 21.9 Å². The van der Waals surface area contributed by atoms with E-state index in [0.717, 1.165) is 17.7 Å². The van der Waals surface area contributed by atoms with Gasteiger partial charge in [0.2, 0.25) is 10.0 Å². The molecule has 7 nitrogen and oxygen atoms in total. The van der Waals surface area contributed by atoms with Gasteiger partial charge in [-0.2, -0.15) is 4.72 Å². The fourth-order valence-corrected chi connectivity index (χ4v) is 4.28. The van der Waals surface area contributed by atoms with Crippen LogP contribution in [0.1, 0.15) is 11.1 Å². The van der Waals surface area contributed by atoms with Crippen LogP contribution in [0.4, 0.5) is 4.39 Å². The van der Waals surface area contributed by atoms with Gasteiger partial charge in [0.15, 0.2) is 6.61 Å². The lowest BCUT2D eigenvalue weighted by Gasteiger charge is -2.18. The Morgan fingerprint density at radius 3 is 2.06 bits per heavy atom. The van der Waals surface area contributed by atoms with E-state index < -0.39 is 45.3 Å². The molecule has 0 spiro atoms. The molecule has 0 saturated carbocycles. The van der Waals surface area contributed by atoms with E-state index in [1.165, 1.54) is 12.1 Å². The van der Waals surface area contributed by atoms with Gasteiger partial charge in [-0.3, -0.25) is 9.59 Å². The number of amides is 1. The predicted molar refractivity (Wildman–Crippen MR) is 120 cm³/mol. The highest BCUT2D eigenvalue weighted by Crippen LogP contribution is 2.15. The molecule has 33 heavy (non-hydrogen) atoms. The van der Waals surface area contributed by atoms with Crippen molar-refractivity contribution in [3.63, 3.8) is 0 Å². The van der Waals surface area contributed by atoms with Gasteiger partial charge in [0.25, 0.3) is 5.91 Å². The van der Waals surface area contributed by atoms with Crippen molar-refractivity contribution in [3.05, 3.63) is 102 Å². The van der Waals surface area contributed by atoms with E-state index >= 15 is 0 Å². The summed E-state index contributed by atoms with van der Waals surface area (Å²) in [7, 11) is -4.37. The van der Waals surface area contributed by atoms with Gasteiger partial charge >= 0.3 is 5.97 Å². The van der Waals surface area contributed by atoms with Gasteiger partial charge in [-0.15, -0.1) is 0 Å². The zero-order chi connectivity index (χ0) is 23.7. The Kier molecular flexibility index (Phi) is 8.28. The first kappa shape index (κ1) is 24.1. The molecule has 2 N–H and O–H groups in total. The molecular formula is C24H23FN2O5S. The Morgan fingerprint density at radius 2 is 1.42 bits per heavy atom. The minimum atomic E-state index is -4.37. The molecule has 0 radical (unpaired) electrons. The summed E-state index contributed by atoms with van der Waals surface area (Å²) in [5.74, 6) is -2.44. The monoisotopic (exact) mass is 470 g/mol. The van der Waals surface area contributed by atoms with E-state index in [-0.39, 0.29) is 13.0 Å². The molecule has 1 amide bonds. The largest absolute Gasteiger partial charge is 0.454 e. The average molecular weight is 471 g/mol. The van der Waals surface area contributed by atoms with E-state index in [4.69, 9.17) is 4.74 Å². The third-order valence-corrected chi connectivity index (χ3v) is 6.17. The summed E-state index contributed by atoms with van der Waals surface area (Å²) in [5.41, 5.74) is 1.53. The van der Waals surface area contributed by atoms with Crippen molar-refractivity contribution in [2.45, 2.75) is 23.9 Å². The molecule has 9 heteroatoms. The zero-order valence-electron chi connectivity index (χ0n) is 17.6. The van der Waals surface area contributed by atoms with Crippen molar-refractivity contribution in [2.75, 3.05) is 6.61 Å². The smallest absolute Gasteiger partial charge is 0.325 e. The number of benzene rings is 3. The molecule has 0 aliphatic rings. The topological polar surface area (TPSA) is 102 Å². The summed E-state index contributed by atoms with van der Waals surface area (Å²) in [6, 6.07) is 21.3. The lowest BCUT2D eigenvalue weighted by Crippen LogP contribution is -2.44. The maximum atomic E-state index is 14.1. The number of carbonyl (C=O) groups excluding carboxylic acids is 2. The van der Waals surface area contributed by atoms with Crippen LogP contribution in [0, 0.1) is 5.82 Å². The number of esters is 1. The summed E-state index contributed by atoms with van der Waals surface area (Å²) in [6.07, 6.45) is -0.0427. The molecule has 0 unspecified atom stereocenters. The van der Waals surface area contributed by atoms with E-state index in [2.05, 4.69) is 10.0 Å². The second-order valence-corrected chi connectivity index (χ2v) is 8.85. The minimum Gasteiger partial charge on any atom is -0.454 e.